The largest absolute Gasteiger partial charge is 0.416 e. The molecule has 1 aliphatic rings. The molecule has 24 heavy (non-hydrogen) atoms. The number of rotatable bonds is 4. The van der Waals surface area contributed by atoms with Gasteiger partial charge in [-0.25, -0.2) is 0 Å². The Morgan fingerprint density at radius 2 is 1.58 bits per heavy atom. The average Bonchev–Trinajstić information content (AvgIpc) is 2.83. The molecule has 1 aliphatic heterocycles. The highest BCUT2D eigenvalue weighted by molar-refractivity contribution is 5.33. The van der Waals surface area contributed by atoms with E-state index in [9.17, 15) is 31.4 Å². The predicted molar refractivity (Wildman–Crippen MR) is 67.9 cm³/mol. The van der Waals surface area contributed by atoms with Gasteiger partial charge in [0.2, 0.25) is 0 Å². The summed E-state index contributed by atoms with van der Waals surface area (Å²) in [7, 11) is 0. The van der Waals surface area contributed by atoms with Crippen molar-refractivity contribution in [3.63, 3.8) is 0 Å². The highest BCUT2D eigenvalue weighted by Crippen LogP contribution is 2.36. The summed E-state index contributed by atoms with van der Waals surface area (Å²) < 4.78 is 86.6. The SMILES string of the molecule is OC[C@H]1OC[C@H](OCc2cc(C(F)(F)F)cc(C(F)(F)F)c2)[C@@H]1O. The van der Waals surface area contributed by atoms with Crippen LogP contribution in [0.5, 0.6) is 0 Å². The van der Waals surface area contributed by atoms with E-state index in [2.05, 4.69) is 0 Å². The number of hydrogen-bond donors (Lipinski definition) is 2. The maximum atomic E-state index is 12.7. The first-order valence-corrected chi connectivity index (χ1v) is 6.83. The molecular weight excluding hydrogens is 346 g/mol. The second-order valence-electron chi connectivity index (χ2n) is 5.31. The second kappa shape index (κ2) is 6.87. The predicted octanol–water partition coefficient (Wildman–Crippen LogP) is 2.36. The Labute approximate surface area is 132 Å². The normalized spacial score (nSPS) is 25.2. The van der Waals surface area contributed by atoms with E-state index in [1.165, 1.54) is 0 Å². The lowest BCUT2D eigenvalue weighted by atomic mass is 10.0. The van der Waals surface area contributed by atoms with Gasteiger partial charge in [0.05, 0.1) is 30.9 Å². The van der Waals surface area contributed by atoms with Crippen molar-refractivity contribution in [2.75, 3.05) is 13.2 Å². The minimum Gasteiger partial charge on any atom is -0.394 e. The van der Waals surface area contributed by atoms with E-state index in [1.807, 2.05) is 0 Å². The quantitative estimate of drug-likeness (QED) is 0.810. The van der Waals surface area contributed by atoms with Crippen LogP contribution in [0.15, 0.2) is 18.2 Å². The highest BCUT2D eigenvalue weighted by atomic mass is 19.4. The zero-order valence-electron chi connectivity index (χ0n) is 12.1. The van der Waals surface area contributed by atoms with E-state index < -0.39 is 55.0 Å². The van der Waals surface area contributed by atoms with Crippen LogP contribution in [0.1, 0.15) is 16.7 Å². The van der Waals surface area contributed by atoms with Gasteiger partial charge in [0, 0.05) is 0 Å². The molecule has 0 bridgehead atoms. The van der Waals surface area contributed by atoms with Crippen LogP contribution in [-0.4, -0.2) is 41.7 Å². The van der Waals surface area contributed by atoms with Gasteiger partial charge >= 0.3 is 12.4 Å². The van der Waals surface area contributed by atoms with Gasteiger partial charge in [-0.1, -0.05) is 0 Å². The average molecular weight is 360 g/mol. The fourth-order valence-corrected chi connectivity index (χ4v) is 2.27. The van der Waals surface area contributed by atoms with Crippen molar-refractivity contribution in [2.45, 2.75) is 37.3 Å². The molecule has 4 nitrogen and oxygen atoms in total. The molecule has 3 atom stereocenters. The fourth-order valence-electron chi connectivity index (χ4n) is 2.27. The third-order valence-electron chi connectivity index (χ3n) is 3.53. The van der Waals surface area contributed by atoms with Gasteiger partial charge in [-0.05, 0) is 23.8 Å². The van der Waals surface area contributed by atoms with Crippen LogP contribution in [0.25, 0.3) is 0 Å². The molecule has 1 aromatic carbocycles. The molecule has 2 N–H and O–H groups in total. The van der Waals surface area contributed by atoms with E-state index >= 15 is 0 Å². The summed E-state index contributed by atoms with van der Waals surface area (Å²) in [5.41, 5.74) is -3.21. The minimum absolute atomic E-state index is 0.0266. The lowest BCUT2D eigenvalue weighted by molar-refractivity contribution is -0.143. The van der Waals surface area contributed by atoms with E-state index in [0.717, 1.165) is 0 Å². The van der Waals surface area contributed by atoms with Gasteiger partial charge in [0.15, 0.2) is 0 Å². The van der Waals surface area contributed by atoms with Crippen LogP contribution in [0, 0.1) is 0 Å². The van der Waals surface area contributed by atoms with Crippen LogP contribution in [0.3, 0.4) is 0 Å². The number of halogens is 6. The van der Waals surface area contributed by atoms with Crippen LogP contribution >= 0.6 is 0 Å². The van der Waals surface area contributed by atoms with Gasteiger partial charge < -0.3 is 19.7 Å². The molecule has 1 aromatic rings. The van der Waals surface area contributed by atoms with Gasteiger partial charge in [-0.3, -0.25) is 0 Å². The third-order valence-corrected chi connectivity index (χ3v) is 3.53. The molecule has 1 saturated heterocycles. The molecule has 0 saturated carbocycles. The smallest absolute Gasteiger partial charge is 0.394 e. The Morgan fingerprint density at radius 1 is 1.04 bits per heavy atom. The molecule has 0 unspecified atom stereocenters. The number of alkyl halides is 6. The zero-order valence-corrected chi connectivity index (χ0v) is 12.1. The summed E-state index contributed by atoms with van der Waals surface area (Å²) in [6.07, 6.45) is -12.9. The standard InChI is InChI=1S/C14H14F6O4/c15-13(16,17)8-1-7(2-9(3-8)14(18,19)20)5-23-11-6-24-10(4-21)12(11)22/h1-3,10-12,21-22H,4-6H2/t10-,11+,12-/m1/s1. The number of hydrogen-bond acceptors (Lipinski definition) is 4. The van der Waals surface area contributed by atoms with Crippen LogP contribution in [0.2, 0.25) is 0 Å². The lowest BCUT2D eigenvalue weighted by Crippen LogP contribution is -2.34. The van der Waals surface area contributed by atoms with Gasteiger partial charge in [-0.15, -0.1) is 0 Å². The molecular formula is C14H14F6O4. The maximum absolute atomic E-state index is 12.7. The molecule has 0 amide bonds. The van der Waals surface area contributed by atoms with E-state index in [0.29, 0.717) is 12.1 Å². The number of benzene rings is 1. The highest BCUT2D eigenvalue weighted by Gasteiger charge is 2.38. The number of aliphatic hydroxyl groups is 2. The molecule has 2 rings (SSSR count). The lowest BCUT2D eigenvalue weighted by Gasteiger charge is -2.18. The summed E-state index contributed by atoms with van der Waals surface area (Å²) >= 11 is 0. The summed E-state index contributed by atoms with van der Waals surface area (Å²) in [6, 6.07) is 1.14. The summed E-state index contributed by atoms with van der Waals surface area (Å²) in [4.78, 5) is 0. The number of aliphatic hydroxyl groups excluding tert-OH is 2. The van der Waals surface area contributed by atoms with E-state index in [-0.39, 0.29) is 18.2 Å². The molecule has 136 valence electrons. The third kappa shape index (κ3) is 4.38. The molecule has 0 aromatic heterocycles. The Bertz CT molecular complexity index is 539. The maximum Gasteiger partial charge on any atom is 0.416 e. The van der Waals surface area contributed by atoms with Crippen molar-refractivity contribution in [2.24, 2.45) is 0 Å². The Morgan fingerprint density at radius 3 is 2.00 bits per heavy atom. The molecule has 1 fully saturated rings. The van der Waals surface area contributed by atoms with Crippen LogP contribution < -0.4 is 0 Å². The molecule has 1 heterocycles. The first kappa shape index (κ1) is 19.0. The van der Waals surface area contributed by atoms with E-state index in [4.69, 9.17) is 14.6 Å². The summed E-state index contributed by atoms with van der Waals surface area (Å²) in [5.74, 6) is 0. The van der Waals surface area contributed by atoms with Gasteiger partial charge in [0.1, 0.15) is 18.3 Å². The van der Waals surface area contributed by atoms with Gasteiger partial charge in [-0.2, -0.15) is 26.3 Å². The Balaban J connectivity index is 2.18. The minimum atomic E-state index is -4.94. The van der Waals surface area contributed by atoms with Crippen LogP contribution in [0.4, 0.5) is 26.3 Å². The van der Waals surface area contributed by atoms with Crippen molar-refractivity contribution in [1.82, 2.24) is 0 Å². The monoisotopic (exact) mass is 360 g/mol. The zero-order chi connectivity index (χ0) is 18.1. The summed E-state index contributed by atoms with van der Waals surface area (Å²) in [5, 5.41) is 18.6. The van der Waals surface area contributed by atoms with Crippen molar-refractivity contribution in [3.8, 4) is 0 Å². The Kier molecular flexibility index (Phi) is 5.43. The molecule has 0 aliphatic carbocycles. The van der Waals surface area contributed by atoms with Crippen molar-refractivity contribution < 1.29 is 46.0 Å². The molecule has 0 spiro atoms. The summed E-state index contributed by atoms with van der Waals surface area (Å²) in [6.45, 7) is -1.18. The first-order valence-electron chi connectivity index (χ1n) is 6.83. The van der Waals surface area contributed by atoms with Gasteiger partial charge in [0.25, 0.3) is 0 Å². The number of ether oxygens (including phenoxy) is 2. The topological polar surface area (TPSA) is 58.9 Å². The van der Waals surface area contributed by atoms with Crippen molar-refractivity contribution >= 4 is 0 Å². The Hall–Kier alpha value is -1.36. The van der Waals surface area contributed by atoms with Crippen molar-refractivity contribution in [3.05, 3.63) is 34.9 Å². The molecule has 0 radical (unpaired) electrons. The first-order chi connectivity index (χ1) is 11.0. The fraction of sp³-hybridized carbons (Fsp3) is 0.571. The van der Waals surface area contributed by atoms with Crippen LogP contribution in [-0.2, 0) is 28.4 Å². The van der Waals surface area contributed by atoms with E-state index in [1.54, 1.807) is 0 Å². The van der Waals surface area contributed by atoms with Crippen molar-refractivity contribution in [1.29, 1.82) is 0 Å². The molecule has 10 heteroatoms. The second-order valence-corrected chi connectivity index (χ2v) is 5.31.